The number of hydrogen-bond donors (Lipinski definition) is 1. The lowest BCUT2D eigenvalue weighted by molar-refractivity contribution is 0.254. The number of pyridine rings is 1. The number of primary amides is 1. The van der Waals surface area contributed by atoms with Crippen LogP contribution < -0.4 is 25.0 Å². The lowest BCUT2D eigenvalue weighted by atomic mass is 10.1. The molecule has 1 aromatic heterocycles. The molecule has 5 rings (SSSR count). The number of anilines is 1. The number of nitrogens with two attached hydrogens (primary N) is 1. The lowest BCUT2D eigenvalue weighted by Gasteiger charge is -2.17. The first kappa shape index (κ1) is 30.3. The Hall–Kier alpha value is -4.12. The molecule has 0 spiro atoms. The molecule has 2 heterocycles. The molecule has 0 atom stereocenters. The Morgan fingerprint density at radius 3 is 2.60 bits per heavy atom. The number of nitrogens with zero attached hydrogens (tertiary/aromatic N) is 4. The zero-order valence-corrected chi connectivity index (χ0v) is 24.9. The number of ether oxygens (including phenoxy) is 3. The third kappa shape index (κ3) is 7.45. The molecule has 43 heavy (non-hydrogen) atoms. The second-order valence-electron chi connectivity index (χ2n) is 9.86. The summed E-state index contributed by atoms with van der Waals surface area (Å²) < 4.78 is 32.8. The van der Waals surface area contributed by atoms with E-state index in [0.717, 1.165) is 37.1 Å². The standard InChI is InChI=1S/C31H30Cl2FN5O4/c1-41-29-17-23-26(18-30(29)42-14-4-13-38-11-2-3-12-38)36-10-9-27(23)43-28-8-7-22(16-25(28)34)39(31(35)40)37-19-20-5-6-21(32)15-24(20)33/h5-10,15-19H,2-4,11-14H2,1H3,(H2,35,40)/b37-19+. The summed E-state index contributed by atoms with van der Waals surface area (Å²) >= 11 is 12.1. The molecule has 3 aromatic carbocycles. The highest BCUT2D eigenvalue weighted by atomic mass is 35.5. The van der Waals surface area contributed by atoms with Gasteiger partial charge in [-0.2, -0.15) is 10.1 Å². The molecular formula is C31H30Cl2FN5O4. The van der Waals surface area contributed by atoms with Gasteiger partial charge in [0.1, 0.15) is 5.75 Å². The van der Waals surface area contributed by atoms with Gasteiger partial charge in [-0.1, -0.05) is 29.3 Å². The van der Waals surface area contributed by atoms with Crippen LogP contribution in [-0.2, 0) is 0 Å². The SMILES string of the molecule is COc1cc2c(Oc3ccc(N(/N=C/c4ccc(Cl)cc4Cl)C(N)=O)cc3F)ccnc2cc1OCCCN1CCCC1. The van der Waals surface area contributed by atoms with Gasteiger partial charge in [0.15, 0.2) is 23.1 Å². The summed E-state index contributed by atoms with van der Waals surface area (Å²) in [6.45, 7) is 3.83. The third-order valence-electron chi connectivity index (χ3n) is 6.93. The number of fused-ring (bicyclic) bond motifs is 1. The number of methoxy groups -OCH3 is 1. The second-order valence-corrected chi connectivity index (χ2v) is 10.7. The van der Waals surface area contributed by atoms with E-state index in [9.17, 15) is 4.79 Å². The van der Waals surface area contributed by atoms with Crippen LogP contribution >= 0.6 is 23.2 Å². The summed E-state index contributed by atoms with van der Waals surface area (Å²) in [6, 6.07) is 13.0. The van der Waals surface area contributed by atoms with Crippen molar-refractivity contribution >= 4 is 52.0 Å². The summed E-state index contributed by atoms with van der Waals surface area (Å²) in [5.41, 5.74) is 6.69. The van der Waals surface area contributed by atoms with Crippen molar-refractivity contribution in [3.05, 3.63) is 82.2 Å². The van der Waals surface area contributed by atoms with E-state index in [-0.39, 0.29) is 11.4 Å². The van der Waals surface area contributed by atoms with Crippen molar-refractivity contribution in [2.24, 2.45) is 10.8 Å². The van der Waals surface area contributed by atoms with E-state index >= 15 is 4.39 Å². The fourth-order valence-corrected chi connectivity index (χ4v) is 5.22. The van der Waals surface area contributed by atoms with E-state index in [4.69, 9.17) is 43.1 Å². The molecule has 0 radical (unpaired) electrons. The molecular weight excluding hydrogens is 596 g/mol. The van der Waals surface area contributed by atoms with Crippen LogP contribution in [0.15, 0.2) is 65.9 Å². The highest BCUT2D eigenvalue weighted by molar-refractivity contribution is 6.36. The highest BCUT2D eigenvalue weighted by Gasteiger charge is 2.17. The van der Waals surface area contributed by atoms with Gasteiger partial charge in [-0.05, 0) is 68.8 Å². The van der Waals surface area contributed by atoms with Crippen LogP contribution in [0.5, 0.6) is 23.0 Å². The number of aromatic nitrogens is 1. The van der Waals surface area contributed by atoms with Gasteiger partial charge in [-0.3, -0.25) is 4.98 Å². The second kappa shape index (κ2) is 13.9. The highest BCUT2D eigenvalue weighted by Crippen LogP contribution is 2.38. The summed E-state index contributed by atoms with van der Waals surface area (Å²) in [5, 5.41) is 6.31. The van der Waals surface area contributed by atoms with E-state index in [1.165, 1.54) is 37.3 Å². The molecule has 12 heteroatoms. The molecule has 2 N–H and O–H groups in total. The number of carbonyl (C=O) groups is 1. The number of likely N-dealkylation sites (tertiary alicyclic amines) is 1. The summed E-state index contributed by atoms with van der Waals surface area (Å²) in [6.07, 6.45) is 6.31. The van der Waals surface area contributed by atoms with Crippen LogP contribution in [0.2, 0.25) is 10.0 Å². The first-order valence-electron chi connectivity index (χ1n) is 13.7. The number of urea groups is 1. The Kier molecular flexibility index (Phi) is 9.81. The maximum absolute atomic E-state index is 15.3. The van der Waals surface area contributed by atoms with Crippen molar-refractivity contribution in [1.82, 2.24) is 9.88 Å². The van der Waals surface area contributed by atoms with Crippen LogP contribution in [-0.4, -0.2) is 55.5 Å². The van der Waals surface area contributed by atoms with Gasteiger partial charge in [0.2, 0.25) is 0 Å². The molecule has 224 valence electrons. The Labute approximate surface area is 258 Å². The molecule has 1 aliphatic heterocycles. The van der Waals surface area contributed by atoms with Crippen molar-refractivity contribution in [1.29, 1.82) is 0 Å². The predicted molar refractivity (Wildman–Crippen MR) is 167 cm³/mol. The zero-order valence-electron chi connectivity index (χ0n) is 23.4. The normalized spacial score (nSPS) is 13.5. The summed E-state index contributed by atoms with van der Waals surface area (Å²) in [4.78, 5) is 19.0. The fraction of sp³-hybridized carbons (Fsp3) is 0.258. The molecule has 0 saturated carbocycles. The van der Waals surface area contributed by atoms with Crippen molar-refractivity contribution in [2.45, 2.75) is 19.3 Å². The average Bonchev–Trinajstić information content (AvgIpc) is 3.51. The van der Waals surface area contributed by atoms with Crippen LogP contribution in [0.3, 0.4) is 0 Å². The van der Waals surface area contributed by atoms with Crippen molar-refractivity contribution < 1.29 is 23.4 Å². The molecule has 1 aliphatic rings. The Bertz CT molecular complexity index is 1650. The topological polar surface area (TPSA) is 103 Å². The van der Waals surface area contributed by atoms with E-state index < -0.39 is 11.8 Å². The van der Waals surface area contributed by atoms with Gasteiger partial charge in [0.05, 0.1) is 36.2 Å². The van der Waals surface area contributed by atoms with Crippen molar-refractivity contribution in [2.75, 3.05) is 38.4 Å². The van der Waals surface area contributed by atoms with Crippen LogP contribution in [0.1, 0.15) is 24.8 Å². The van der Waals surface area contributed by atoms with Gasteiger partial charge >= 0.3 is 6.03 Å². The maximum Gasteiger partial charge on any atom is 0.340 e. The molecule has 0 aliphatic carbocycles. The third-order valence-corrected chi connectivity index (χ3v) is 7.49. The van der Waals surface area contributed by atoms with Crippen molar-refractivity contribution in [3.8, 4) is 23.0 Å². The molecule has 1 saturated heterocycles. The minimum absolute atomic E-state index is 0.0772. The first-order valence-corrected chi connectivity index (χ1v) is 14.5. The first-order chi connectivity index (χ1) is 20.8. The minimum atomic E-state index is -0.921. The van der Waals surface area contributed by atoms with Crippen molar-refractivity contribution in [3.63, 3.8) is 0 Å². The monoisotopic (exact) mass is 625 g/mol. The Morgan fingerprint density at radius 2 is 1.88 bits per heavy atom. The lowest BCUT2D eigenvalue weighted by Crippen LogP contribution is -2.31. The van der Waals surface area contributed by atoms with E-state index in [1.54, 1.807) is 43.6 Å². The van der Waals surface area contributed by atoms with Gasteiger partial charge in [0, 0.05) is 40.8 Å². The van der Waals surface area contributed by atoms with Crippen LogP contribution in [0.4, 0.5) is 14.9 Å². The van der Waals surface area contributed by atoms with Crippen LogP contribution in [0, 0.1) is 5.82 Å². The van der Waals surface area contributed by atoms with Gasteiger partial charge in [-0.25, -0.2) is 9.18 Å². The number of hydrogen-bond acceptors (Lipinski definition) is 7. The number of amides is 2. The molecule has 9 nitrogen and oxygen atoms in total. The largest absolute Gasteiger partial charge is 0.493 e. The van der Waals surface area contributed by atoms with Gasteiger partial charge < -0.3 is 24.8 Å². The smallest absolute Gasteiger partial charge is 0.340 e. The molecule has 0 unspecified atom stereocenters. The fourth-order valence-electron chi connectivity index (χ4n) is 4.77. The predicted octanol–water partition coefficient (Wildman–Crippen LogP) is 7.27. The molecule has 0 bridgehead atoms. The van der Waals surface area contributed by atoms with E-state index in [2.05, 4.69) is 15.0 Å². The molecule has 4 aromatic rings. The number of carbonyl (C=O) groups excluding carboxylic acids is 1. The quantitative estimate of drug-likeness (QED) is 0.107. The van der Waals surface area contributed by atoms with Gasteiger partial charge in [0.25, 0.3) is 0 Å². The Morgan fingerprint density at radius 1 is 1.07 bits per heavy atom. The van der Waals surface area contributed by atoms with Gasteiger partial charge in [-0.15, -0.1) is 0 Å². The maximum atomic E-state index is 15.3. The number of benzene rings is 3. The van der Waals surface area contributed by atoms with E-state index in [0.29, 0.717) is 50.4 Å². The number of rotatable bonds is 11. The molecule has 2 amide bonds. The summed E-state index contributed by atoms with van der Waals surface area (Å²) in [7, 11) is 1.56. The number of hydrazone groups is 1. The van der Waals surface area contributed by atoms with E-state index in [1.807, 2.05) is 0 Å². The average molecular weight is 627 g/mol. The Balaban J connectivity index is 1.33. The van der Waals surface area contributed by atoms with Crippen LogP contribution in [0.25, 0.3) is 10.9 Å². The minimum Gasteiger partial charge on any atom is -0.493 e. The zero-order chi connectivity index (χ0) is 30.3. The summed E-state index contributed by atoms with van der Waals surface area (Å²) in [5.74, 6) is 0.629. The number of halogens is 3. The molecule has 1 fully saturated rings.